The van der Waals surface area contributed by atoms with Gasteiger partial charge in [0.1, 0.15) is 5.82 Å². The van der Waals surface area contributed by atoms with Gasteiger partial charge in [-0.3, -0.25) is 9.78 Å². The van der Waals surface area contributed by atoms with Crippen LogP contribution in [0, 0.1) is 5.41 Å². The fourth-order valence-electron chi connectivity index (χ4n) is 4.30. The number of aromatic nitrogens is 3. The van der Waals surface area contributed by atoms with Crippen molar-refractivity contribution in [2.24, 2.45) is 5.41 Å². The maximum Gasteiger partial charge on any atom is 0.222 e. The minimum atomic E-state index is 0.152. The van der Waals surface area contributed by atoms with Crippen molar-refractivity contribution in [1.82, 2.24) is 19.9 Å². The zero-order valence-corrected chi connectivity index (χ0v) is 16.5. The van der Waals surface area contributed by atoms with E-state index in [0.717, 1.165) is 49.0 Å². The van der Waals surface area contributed by atoms with Crippen LogP contribution in [-0.4, -0.2) is 51.6 Å². The Kier molecular flexibility index (Phi) is 5.29. The van der Waals surface area contributed by atoms with E-state index in [1.54, 1.807) is 18.0 Å². The molecule has 0 aliphatic carbocycles. The third-order valence-electron chi connectivity index (χ3n) is 5.63. The van der Waals surface area contributed by atoms with E-state index in [1.807, 2.05) is 41.7 Å². The highest BCUT2D eigenvalue weighted by atomic mass is 32.2. The quantitative estimate of drug-likeness (QED) is 0.597. The van der Waals surface area contributed by atoms with Gasteiger partial charge in [0.2, 0.25) is 5.91 Å². The van der Waals surface area contributed by atoms with Crippen molar-refractivity contribution in [3.63, 3.8) is 0 Å². The van der Waals surface area contributed by atoms with Crippen LogP contribution in [0.25, 0.3) is 0 Å². The summed E-state index contributed by atoms with van der Waals surface area (Å²) in [6.45, 7) is 3.44. The van der Waals surface area contributed by atoms with Gasteiger partial charge in [-0.2, -0.15) is 0 Å². The molecule has 2 aliphatic rings. The Morgan fingerprint density at radius 3 is 2.96 bits per heavy atom. The van der Waals surface area contributed by atoms with E-state index in [-0.39, 0.29) is 11.3 Å². The van der Waals surface area contributed by atoms with E-state index in [4.69, 9.17) is 0 Å². The molecule has 4 heterocycles. The second-order valence-electron chi connectivity index (χ2n) is 7.54. The van der Waals surface area contributed by atoms with Crippen molar-refractivity contribution in [3.05, 3.63) is 42.4 Å². The van der Waals surface area contributed by atoms with Crippen LogP contribution >= 0.6 is 11.8 Å². The Balaban J connectivity index is 1.50. The summed E-state index contributed by atoms with van der Waals surface area (Å²) < 4.78 is 0. The number of anilines is 1. The molecule has 0 saturated carbocycles. The van der Waals surface area contributed by atoms with E-state index >= 15 is 0 Å². The molecule has 2 fully saturated rings. The summed E-state index contributed by atoms with van der Waals surface area (Å²) in [5, 5.41) is 0.809. The van der Waals surface area contributed by atoms with Gasteiger partial charge in [-0.15, -0.1) is 0 Å². The number of thioether (sulfide) groups is 1. The lowest BCUT2D eigenvalue weighted by Gasteiger charge is -2.48. The first-order valence-corrected chi connectivity index (χ1v) is 10.7. The largest absolute Gasteiger partial charge is 0.356 e. The highest BCUT2D eigenvalue weighted by Crippen LogP contribution is 2.40. The maximum atomic E-state index is 12.5. The lowest BCUT2D eigenvalue weighted by atomic mass is 9.73. The standard InChI is InChI=1S/C20H25N5OS/c1-27-19-22-10-6-17(23-19)24-11-3-7-20(14-24)8-5-18(26)25(15-20)13-16-4-2-9-21-12-16/h2,4,6,9-10,12H,3,5,7-8,11,13-15H2,1H3. The minimum absolute atomic E-state index is 0.152. The Labute approximate surface area is 164 Å². The second-order valence-corrected chi connectivity index (χ2v) is 8.31. The second kappa shape index (κ2) is 7.84. The Morgan fingerprint density at radius 2 is 2.15 bits per heavy atom. The van der Waals surface area contributed by atoms with Crippen LogP contribution in [0.2, 0.25) is 0 Å². The summed E-state index contributed by atoms with van der Waals surface area (Å²) in [5.74, 6) is 1.26. The molecule has 2 aliphatic heterocycles. The number of likely N-dealkylation sites (tertiary alicyclic amines) is 1. The first-order chi connectivity index (χ1) is 13.2. The van der Waals surface area contributed by atoms with Gasteiger partial charge >= 0.3 is 0 Å². The maximum absolute atomic E-state index is 12.5. The summed E-state index contributed by atoms with van der Waals surface area (Å²) in [5.41, 5.74) is 1.25. The molecule has 2 saturated heterocycles. The zero-order valence-electron chi connectivity index (χ0n) is 15.7. The van der Waals surface area contributed by atoms with Gasteiger partial charge in [-0.25, -0.2) is 9.97 Å². The molecule has 1 spiro atoms. The van der Waals surface area contributed by atoms with Gasteiger partial charge in [0.15, 0.2) is 5.16 Å². The fraction of sp³-hybridized carbons (Fsp3) is 0.500. The summed E-state index contributed by atoms with van der Waals surface area (Å²) in [6.07, 6.45) is 11.4. The average molecular weight is 384 g/mol. The average Bonchev–Trinajstić information content (AvgIpc) is 2.72. The molecule has 0 radical (unpaired) electrons. The lowest BCUT2D eigenvalue weighted by Crippen LogP contribution is -2.54. The van der Waals surface area contributed by atoms with Crippen molar-refractivity contribution in [3.8, 4) is 0 Å². The topological polar surface area (TPSA) is 62.2 Å². The van der Waals surface area contributed by atoms with Crippen molar-refractivity contribution in [2.45, 2.75) is 37.4 Å². The number of nitrogens with zero attached hydrogens (tertiary/aromatic N) is 5. The van der Waals surface area contributed by atoms with Crippen molar-refractivity contribution in [1.29, 1.82) is 0 Å². The number of hydrogen-bond acceptors (Lipinski definition) is 6. The highest BCUT2D eigenvalue weighted by molar-refractivity contribution is 7.98. The number of rotatable bonds is 4. The van der Waals surface area contributed by atoms with E-state index in [0.29, 0.717) is 13.0 Å². The molecule has 142 valence electrons. The smallest absolute Gasteiger partial charge is 0.222 e. The number of amides is 1. The van der Waals surface area contributed by atoms with Gasteiger partial charge in [0, 0.05) is 56.6 Å². The summed E-state index contributed by atoms with van der Waals surface area (Å²) in [7, 11) is 0. The zero-order chi connectivity index (χ0) is 18.7. The number of pyridine rings is 1. The van der Waals surface area contributed by atoms with E-state index in [1.165, 1.54) is 6.42 Å². The molecule has 7 heteroatoms. The molecular weight excluding hydrogens is 358 g/mol. The Morgan fingerprint density at radius 1 is 1.22 bits per heavy atom. The molecule has 27 heavy (non-hydrogen) atoms. The molecule has 6 nitrogen and oxygen atoms in total. The Bertz CT molecular complexity index is 802. The predicted octanol–water partition coefficient (Wildman–Crippen LogP) is 3.00. The Hall–Kier alpha value is -2.15. The van der Waals surface area contributed by atoms with Gasteiger partial charge < -0.3 is 9.80 Å². The van der Waals surface area contributed by atoms with Crippen LogP contribution in [0.5, 0.6) is 0 Å². The van der Waals surface area contributed by atoms with Crippen LogP contribution in [0.3, 0.4) is 0 Å². The summed E-state index contributed by atoms with van der Waals surface area (Å²) >= 11 is 1.57. The predicted molar refractivity (Wildman–Crippen MR) is 107 cm³/mol. The molecule has 1 unspecified atom stereocenters. The van der Waals surface area contributed by atoms with Crippen LogP contribution in [0.15, 0.2) is 41.9 Å². The first-order valence-electron chi connectivity index (χ1n) is 9.46. The molecule has 2 aromatic heterocycles. The van der Waals surface area contributed by atoms with Crippen LogP contribution in [0.1, 0.15) is 31.2 Å². The molecule has 1 atom stereocenters. The molecule has 0 bridgehead atoms. The minimum Gasteiger partial charge on any atom is -0.356 e. The molecule has 0 aromatic carbocycles. The monoisotopic (exact) mass is 383 g/mol. The number of carbonyl (C=O) groups excluding carboxylic acids is 1. The molecular formula is C20H25N5OS. The van der Waals surface area contributed by atoms with E-state index in [2.05, 4.69) is 19.9 Å². The fourth-order valence-corrected chi connectivity index (χ4v) is 4.65. The molecule has 1 amide bonds. The summed E-state index contributed by atoms with van der Waals surface area (Å²) in [4.78, 5) is 30.1. The molecule has 2 aromatic rings. The van der Waals surface area contributed by atoms with E-state index in [9.17, 15) is 4.79 Å². The molecule has 4 rings (SSSR count). The van der Waals surface area contributed by atoms with Crippen LogP contribution in [-0.2, 0) is 11.3 Å². The molecule has 0 N–H and O–H groups in total. The highest BCUT2D eigenvalue weighted by Gasteiger charge is 2.42. The third-order valence-corrected chi connectivity index (χ3v) is 6.19. The number of piperidine rings is 2. The van der Waals surface area contributed by atoms with Gasteiger partial charge in [-0.1, -0.05) is 17.8 Å². The van der Waals surface area contributed by atoms with Crippen molar-refractivity contribution >= 4 is 23.5 Å². The van der Waals surface area contributed by atoms with Crippen molar-refractivity contribution in [2.75, 3.05) is 30.8 Å². The van der Waals surface area contributed by atoms with Crippen molar-refractivity contribution < 1.29 is 4.79 Å². The van der Waals surface area contributed by atoms with Crippen LogP contribution < -0.4 is 4.90 Å². The van der Waals surface area contributed by atoms with Gasteiger partial charge in [0.05, 0.1) is 0 Å². The van der Waals surface area contributed by atoms with Gasteiger partial charge in [0.25, 0.3) is 0 Å². The lowest BCUT2D eigenvalue weighted by molar-refractivity contribution is -0.138. The SMILES string of the molecule is CSc1nccc(N2CCCC3(CCC(=O)N(Cc4cccnc4)C3)C2)n1. The number of hydrogen-bond donors (Lipinski definition) is 0. The third kappa shape index (κ3) is 4.08. The number of carbonyl (C=O) groups is 1. The normalized spacial score (nSPS) is 23.1. The van der Waals surface area contributed by atoms with Crippen LogP contribution in [0.4, 0.5) is 5.82 Å². The van der Waals surface area contributed by atoms with Gasteiger partial charge in [-0.05, 0) is 43.2 Å². The summed E-state index contributed by atoms with van der Waals surface area (Å²) in [6, 6.07) is 5.97. The first kappa shape index (κ1) is 18.2. The van der Waals surface area contributed by atoms with E-state index < -0.39 is 0 Å².